The largest absolute Gasteiger partial charge is 0.507 e. The Bertz CT molecular complexity index is 1770. The molecule has 0 fully saturated rings. The number of aromatic hydroxyl groups is 1. The molecule has 0 aliphatic rings. The van der Waals surface area contributed by atoms with Gasteiger partial charge in [-0.2, -0.15) is 0 Å². The maximum Gasteiger partial charge on any atom is 0.387 e. The zero-order valence-electron chi connectivity index (χ0n) is 34.7. The lowest BCUT2D eigenvalue weighted by Gasteiger charge is -2.28. The average molecular weight is 703 g/mol. The number of fused-ring (bicyclic) bond motifs is 3. The number of hydrogen-bond acceptors (Lipinski definition) is 4. The van der Waals surface area contributed by atoms with Gasteiger partial charge in [0.1, 0.15) is 16.9 Å². The van der Waals surface area contributed by atoms with Crippen LogP contribution in [0.4, 0.5) is 0 Å². The normalized spacial score (nSPS) is 13.8. The van der Waals surface area contributed by atoms with Gasteiger partial charge in [-0.05, 0) is 85.3 Å². The summed E-state index contributed by atoms with van der Waals surface area (Å²) >= 11 is 0. The summed E-state index contributed by atoms with van der Waals surface area (Å²) in [6, 6.07) is 13.7. The Kier molecular flexibility index (Phi) is 10.7. The number of aryl methyl sites for hydroxylation is 1. The lowest BCUT2D eigenvalue weighted by molar-refractivity contribution is 0.363. The van der Waals surface area contributed by atoms with Gasteiger partial charge >= 0.3 is 8.24 Å². The van der Waals surface area contributed by atoms with E-state index in [-0.39, 0.29) is 32.5 Å². The van der Waals surface area contributed by atoms with Gasteiger partial charge in [0.05, 0.1) is 6.61 Å². The minimum Gasteiger partial charge on any atom is -0.507 e. The number of phenols is 1. The standard InChI is InChI=1S/C45H67O4P/c1-40(2,3)29-24-31-32-25-30(41(4,5)6)27-36(45(16,17)18)39(32)49-50(48-38(31)35(26-29)44(13,14)15)47-21-19-20-28-22-33(42(7,8)9)37(46)34(23-28)43(10,11)12/h22-27,46H,19-21H2,1-18H3. The monoisotopic (exact) mass is 702 g/mol. The number of hydrogen-bond donors (Lipinski definition) is 1. The van der Waals surface area contributed by atoms with E-state index in [2.05, 4.69) is 161 Å². The highest BCUT2D eigenvalue weighted by Crippen LogP contribution is 2.45. The van der Waals surface area contributed by atoms with Gasteiger partial charge in [0.15, 0.2) is 0 Å². The molecule has 0 bridgehead atoms. The van der Waals surface area contributed by atoms with Crippen molar-refractivity contribution in [2.45, 2.75) is 170 Å². The molecule has 4 aromatic rings. The van der Waals surface area contributed by atoms with Crippen molar-refractivity contribution < 1.29 is 18.0 Å². The highest BCUT2D eigenvalue weighted by atomic mass is 31.1. The molecule has 276 valence electrons. The fourth-order valence-corrected chi connectivity index (χ4v) is 7.56. The first kappa shape index (κ1) is 40.1. The second kappa shape index (κ2) is 13.4. The molecule has 0 aliphatic heterocycles. The molecule has 0 spiro atoms. The Morgan fingerprint density at radius 1 is 0.500 bits per heavy atom. The Labute approximate surface area is 305 Å². The highest BCUT2D eigenvalue weighted by molar-refractivity contribution is 7.31. The maximum atomic E-state index is 11.2. The molecule has 0 aliphatic carbocycles. The summed E-state index contributed by atoms with van der Waals surface area (Å²) in [7, 11) is -1.75. The molecule has 1 aromatic heterocycles. The van der Waals surface area contributed by atoms with Gasteiger partial charge in [0.25, 0.3) is 0 Å². The Balaban J connectivity index is 1.93. The molecule has 5 heteroatoms. The lowest BCUT2D eigenvalue weighted by atomic mass is 9.77. The van der Waals surface area contributed by atoms with E-state index in [4.69, 9.17) is 12.9 Å². The van der Waals surface area contributed by atoms with Crippen LogP contribution in [0.15, 0.2) is 44.8 Å². The van der Waals surface area contributed by atoms with Gasteiger partial charge in [-0.25, -0.2) is 0 Å². The Morgan fingerprint density at radius 2 is 0.860 bits per heavy atom. The first-order chi connectivity index (χ1) is 22.5. The second-order valence-corrected chi connectivity index (χ2v) is 21.8. The van der Waals surface area contributed by atoms with Gasteiger partial charge in [0.2, 0.25) is 0 Å². The minimum atomic E-state index is -1.75. The van der Waals surface area contributed by atoms with Crippen LogP contribution in [0.2, 0.25) is 0 Å². The van der Waals surface area contributed by atoms with Crippen molar-refractivity contribution in [1.29, 1.82) is 0 Å². The van der Waals surface area contributed by atoms with Crippen LogP contribution in [0, 0.1) is 0 Å². The van der Waals surface area contributed by atoms with E-state index in [1.807, 2.05) is 0 Å². The summed E-state index contributed by atoms with van der Waals surface area (Å²) in [5.41, 5.74) is 9.03. The van der Waals surface area contributed by atoms with Crippen LogP contribution >= 0.6 is 8.24 Å². The molecular formula is C45H67O4P. The molecule has 0 radical (unpaired) electrons. The topological polar surface area (TPSA) is 55.7 Å². The quantitative estimate of drug-likeness (QED) is 0.210. The third-order valence-electron chi connectivity index (χ3n) is 9.74. The third kappa shape index (κ3) is 8.85. The molecule has 0 saturated carbocycles. The molecule has 1 heterocycles. The Morgan fingerprint density at radius 3 is 1.18 bits per heavy atom. The average Bonchev–Trinajstić information content (AvgIpc) is 3.08. The molecule has 3 aromatic carbocycles. The summed E-state index contributed by atoms with van der Waals surface area (Å²) in [5, 5.41) is 13.4. The summed E-state index contributed by atoms with van der Waals surface area (Å²) in [5.74, 6) is 0.416. The maximum absolute atomic E-state index is 11.2. The van der Waals surface area contributed by atoms with Gasteiger partial charge in [-0.3, -0.25) is 4.52 Å². The predicted octanol–water partition coefficient (Wildman–Crippen LogP) is 13.8. The van der Waals surface area contributed by atoms with E-state index in [1.54, 1.807) is 0 Å². The fraction of sp³-hybridized carbons (Fsp3) is 0.600. The molecule has 50 heavy (non-hydrogen) atoms. The summed E-state index contributed by atoms with van der Waals surface area (Å²) < 4.78 is 20.5. The molecule has 0 amide bonds. The molecule has 1 N–H and O–H groups in total. The van der Waals surface area contributed by atoms with E-state index in [1.165, 1.54) is 27.8 Å². The van der Waals surface area contributed by atoms with Crippen molar-refractivity contribution in [2.24, 2.45) is 0 Å². The third-order valence-corrected chi connectivity index (χ3v) is 10.8. The van der Waals surface area contributed by atoms with E-state index in [0.29, 0.717) is 12.4 Å². The van der Waals surface area contributed by atoms with Crippen molar-refractivity contribution in [2.75, 3.05) is 6.61 Å². The summed E-state index contributed by atoms with van der Waals surface area (Å²) in [6.45, 7) is 40.7. The van der Waals surface area contributed by atoms with Crippen molar-refractivity contribution >= 4 is 30.2 Å². The minimum absolute atomic E-state index is 0.0496. The van der Waals surface area contributed by atoms with Crippen LogP contribution in [0.3, 0.4) is 0 Å². The first-order valence-corrected chi connectivity index (χ1v) is 19.6. The molecular weight excluding hydrogens is 635 g/mol. The van der Waals surface area contributed by atoms with Crippen LogP contribution in [0.5, 0.6) is 5.75 Å². The van der Waals surface area contributed by atoms with Gasteiger partial charge in [-0.15, -0.1) is 0 Å². The number of rotatable bonds is 5. The van der Waals surface area contributed by atoms with E-state index in [9.17, 15) is 5.11 Å². The zero-order valence-corrected chi connectivity index (χ0v) is 35.6. The smallest absolute Gasteiger partial charge is 0.387 e. The van der Waals surface area contributed by atoms with Crippen LogP contribution in [-0.2, 0) is 38.9 Å². The van der Waals surface area contributed by atoms with Crippen LogP contribution < -0.4 is 4.52 Å². The zero-order chi connectivity index (χ0) is 38.0. The first-order valence-electron chi connectivity index (χ1n) is 18.5. The second-order valence-electron chi connectivity index (χ2n) is 20.7. The van der Waals surface area contributed by atoms with E-state index < -0.39 is 8.24 Å². The van der Waals surface area contributed by atoms with Crippen LogP contribution in [-0.4, -0.2) is 11.7 Å². The van der Waals surface area contributed by atoms with Crippen molar-refractivity contribution in [3.05, 3.63) is 75.3 Å². The molecule has 0 atom stereocenters. The summed E-state index contributed by atoms with van der Waals surface area (Å²) in [4.78, 5) is 0. The molecule has 4 rings (SSSR count). The molecule has 4 nitrogen and oxygen atoms in total. The van der Waals surface area contributed by atoms with Gasteiger partial charge in [-0.1, -0.05) is 149 Å². The van der Waals surface area contributed by atoms with Crippen LogP contribution in [0.1, 0.15) is 170 Å². The lowest BCUT2D eigenvalue weighted by Crippen LogP contribution is -2.18. The van der Waals surface area contributed by atoms with Crippen molar-refractivity contribution in [3.8, 4) is 5.75 Å². The summed E-state index contributed by atoms with van der Waals surface area (Å²) in [6.07, 6.45) is 1.63. The van der Waals surface area contributed by atoms with Crippen LogP contribution in [0.25, 0.3) is 21.9 Å². The number of benzene rings is 3. The van der Waals surface area contributed by atoms with Gasteiger partial charge in [0, 0.05) is 21.9 Å². The highest BCUT2D eigenvalue weighted by Gasteiger charge is 2.30. The number of phenolic OH excluding ortho intramolecular Hbond substituents is 1. The molecule has 0 unspecified atom stereocenters. The molecule has 0 saturated heterocycles. The van der Waals surface area contributed by atoms with Crippen molar-refractivity contribution in [1.82, 2.24) is 0 Å². The SMILES string of the molecule is CC(C)(C)c1cc(C(C)(C)C)c2op(OCCCc3cc(C(C)(C)C)c(O)c(C(C)(C)C)c3)oc3c(C(C)(C)C)cc(C(C)(C)C)cc3c2c1. The van der Waals surface area contributed by atoms with Crippen molar-refractivity contribution in [3.63, 3.8) is 0 Å². The van der Waals surface area contributed by atoms with E-state index >= 15 is 0 Å². The fourth-order valence-electron chi connectivity index (χ4n) is 6.45. The van der Waals surface area contributed by atoms with E-state index in [0.717, 1.165) is 45.9 Å². The Hall–Kier alpha value is -2.68. The van der Waals surface area contributed by atoms with Gasteiger partial charge < -0.3 is 13.5 Å². The predicted molar refractivity (Wildman–Crippen MR) is 216 cm³/mol.